The van der Waals surface area contributed by atoms with Gasteiger partial charge in [0, 0.05) is 38.4 Å². The molecule has 0 saturated carbocycles. The second kappa shape index (κ2) is 15.8. The van der Waals surface area contributed by atoms with E-state index >= 15 is 0 Å². The number of ether oxygens (including phenoxy) is 3. The summed E-state index contributed by atoms with van der Waals surface area (Å²) in [5.41, 5.74) is 4.48. The van der Waals surface area contributed by atoms with Crippen LogP contribution in [-0.2, 0) is 25.4 Å². The van der Waals surface area contributed by atoms with Crippen molar-refractivity contribution in [2.24, 2.45) is 10.8 Å². The molecule has 1 amide bonds. The predicted octanol–water partition coefficient (Wildman–Crippen LogP) is 2.54. The summed E-state index contributed by atoms with van der Waals surface area (Å²) in [5.74, 6) is 4.08. The summed E-state index contributed by atoms with van der Waals surface area (Å²) in [7, 11) is 3.21. The van der Waals surface area contributed by atoms with Gasteiger partial charge in [0.05, 0.1) is 19.8 Å². The van der Waals surface area contributed by atoms with Gasteiger partial charge in [-0.1, -0.05) is 49.7 Å². The monoisotopic (exact) mass is 513 g/mol. The van der Waals surface area contributed by atoms with E-state index in [1.165, 1.54) is 5.01 Å². The molecule has 0 spiro atoms. The molecule has 1 atom stereocenters. The zero-order chi connectivity index (χ0) is 27.1. The predicted molar refractivity (Wildman–Crippen MR) is 144 cm³/mol. The highest BCUT2D eigenvalue weighted by molar-refractivity contribution is 6.46. The van der Waals surface area contributed by atoms with E-state index < -0.39 is 11.7 Å². The Morgan fingerprint density at radius 2 is 1.86 bits per heavy atom. The average molecular weight is 514 g/mol. The van der Waals surface area contributed by atoms with Crippen molar-refractivity contribution in [2.45, 2.75) is 38.9 Å². The number of carbonyl (C=O) groups is 1. The van der Waals surface area contributed by atoms with Crippen LogP contribution in [0.3, 0.4) is 0 Å². The summed E-state index contributed by atoms with van der Waals surface area (Å²) in [4.78, 5) is 22.3. The SMILES string of the molecule is CCCCOC(C)(OCCOC)C(=O)Nc1cccc(CCN=C(C(=N)N(C)NN)c2ccccc2)n1. The fraction of sp³-hybridized carbons (Fsp3) is 0.462. The molecule has 37 heavy (non-hydrogen) atoms. The number of nitrogens with two attached hydrogens (primary N) is 1. The van der Waals surface area contributed by atoms with Crippen molar-refractivity contribution in [1.29, 1.82) is 5.41 Å². The van der Waals surface area contributed by atoms with Crippen molar-refractivity contribution in [3.05, 3.63) is 59.8 Å². The number of hydrogen-bond acceptors (Lipinski definition) is 9. The number of amidine groups is 1. The molecule has 0 aliphatic carbocycles. The molecule has 0 bridgehead atoms. The van der Waals surface area contributed by atoms with E-state index in [-0.39, 0.29) is 12.4 Å². The third-order valence-electron chi connectivity index (χ3n) is 5.44. The Morgan fingerprint density at radius 1 is 1.14 bits per heavy atom. The molecule has 11 nitrogen and oxygen atoms in total. The number of nitrogens with one attached hydrogen (secondary N) is 3. The number of anilines is 1. The van der Waals surface area contributed by atoms with Crippen molar-refractivity contribution in [3.8, 4) is 0 Å². The topological polar surface area (TPSA) is 147 Å². The maximum atomic E-state index is 13.1. The summed E-state index contributed by atoms with van der Waals surface area (Å²) in [6, 6.07) is 14.8. The minimum Gasteiger partial charge on any atom is -0.382 e. The van der Waals surface area contributed by atoms with Crippen LogP contribution in [0.1, 0.15) is 37.9 Å². The largest absolute Gasteiger partial charge is 0.382 e. The maximum Gasteiger partial charge on any atom is 0.285 e. The third-order valence-corrected chi connectivity index (χ3v) is 5.44. The van der Waals surface area contributed by atoms with Gasteiger partial charge in [-0.2, -0.15) is 5.53 Å². The fourth-order valence-electron chi connectivity index (χ4n) is 3.23. The van der Waals surface area contributed by atoms with Gasteiger partial charge in [-0.05, 0) is 25.5 Å². The Balaban J connectivity index is 2.11. The molecular weight excluding hydrogens is 474 g/mol. The maximum absolute atomic E-state index is 13.1. The van der Waals surface area contributed by atoms with Crippen LogP contribution in [0.25, 0.3) is 0 Å². The van der Waals surface area contributed by atoms with E-state index in [9.17, 15) is 4.79 Å². The van der Waals surface area contributed by atoms with Crippen LogP contribution in [-0.4, -0.2) is 73.8 Å². The number of aromatic nitrogens is 1. The number of nitrogens with zero attached hydrogens (tertiary/aromatic N) is 3. The number of benzene rings is 1. The number of aliphatic imine (C=N–C) groups is 1. The van der Waals surface area contributed by atoms with E-state index in [0.29, 0.717) is 37.7 Å². The third kappa shape index (κ3) is 9.63. The minimum atomic E-state index is -1.47. The summed E-state index contributed by atoms with van der Waals surface area (Å²) in [5, 5.41) is 12.6. The van der Waals surface area contributed by atoms with E-state index in [1.807, 2.05) is 49.4 Å². The van der Waals surface area contributed by atoms with Crippen LogP contribution in [0.2, 0.25) is 0 Å². The number of carbonyl (C=O) groups excluding carboxylic acids is 1. The summed E-state index contributed by atoms with van der Waals surface area (Å²) in [6.07, 6.45) is 2.25. The highest BCUT2D eigenvalue weighted by Crippen LogP contribution is 2.17. The van der Waals surface area contributed by atoms with Gasteiger partial charge in [0.25, 0.3) is 5.91 Å². The number of rotatable bonds is 16. The minimum absolute atomic E-state index is 0.138. The summed E-state index contributed by atoms with van der Waals surface area (Å²) >= 11 is 0. The van der Waals surface area contributed by atoms with Crippen molar-refractivity contribution >= 4 is 23.3 Å². The van der Waals surface area contributed by atoms with Crippen molar-refractivity contribution in [3.63, 3.8) is 0 Å². The lowest BCUT2D eigenvalue weighted by Gasteiger charge is -2.28. The van der Waals surface area contributed by atoms with E-state index in [4.69, 9.17) is 25.5 Å². The van der Waals surface area contributed by atoms with Crippen molar-refractivity contribution in [2.75, 3.05) is 45.8 Å². The van der Waals surface area contributed by atoms with Crippen LogP contribution < -0.4 is 16.7 Å². The molecule has 202 valence electrons. The Labute approximate surface area is 218 Å². The highest BCUT2D eigenvalue weighted by Gasteiger charge is 2.36. The number of likely N-dealkylation sites (N-methyl/N-ethyl adjacent to an activating group) is 1. The molecule has 5 N–H and O–H groups in total. The van der Waals surface area contributed by atoms with Gasteiger partial charge in [0.15, 0.2) is 5.84 Å². The van der Waals surface area contributed by atoms with Gasteiger partial charge in [0.1, 0.15) is 11.5 Å². The Morgan fingerprint density at radius 3 is 2.54 bits per heavy atom. The molecule has 0 aliphatic heterocycles. The van der Waals surface area contributed by atoms with Crippen LogP contribution in [0.4, 0.5) is 5.82 Å². The Kier molecular flexibility index (Phi) is 12.8. The Hall–Kier alpha value is -3.22. The first-order chi connectivity index (χ1) is 17.8. The van der Waals surface area contributed by atoms with E-state index in [2.05, 4.69) is 20.8 Å². The van der Waals surface area contributed by atoms with Gasteiger partial charge in [-0.15, -0.1) is 0 Å². The molecule has 2 aromatic rings. The lowest BCUT2D eigenvalue weighted by molar-refractivity contribution is -0.221. The fourth-order valence-corrected chi connectivity index (χ4v) is 3.23. The van der Waals surface area contributed by atoms with E-state index in [0.717, 1.165) is 24.1 Å². The summed E-state index contributed by atoms with van der Waals surface area (Å²) < 4.78 is 16.5. The molecule has 1 heterocycles. The van der Waals surface area contributed by atoms with Gasteiger partial charge in [-0.25, -0.2) is 4.98 Å². The smallest absolute Gasteiger partial charge is 0.285 e. The molecular formula is C26H39N7O4. The van der Waals surface area contributed by atoms with Crippen molar-refractivity contribution < 1.29 is 19.0 Å². The number of pyridine rings is 1. The average Bonchev–Trinajstić information content (AvgIpc) is 2.91. The molecule has 0 saturated heterocycles. The van der Waals surface area contributed by atoms with Gasteiger partial charge in [-0.3, -0.25) is 26.0 Å². The molecule has 11 heteroatoms. The number of hydrogen-bond donors (Lipinski definition) is 4. The first kappa shape index (κ1) is 30.0. The standard InChI is InChI=1S/C26H39N7O4/c1-5-6-17-36-26(2,37-19-18-35-4)25(34)31-22-14-10-13-21(30-22)15-16-29-23(24(27)33(3)32-28)20-11-8-7-9-12-20/h7-14,27,32H,5-6,15-19,28H2,1-4H3,(H,30,31,34). The van der Waals surface area contributed by atoms with Crippen molar-refractivity contribution in [1.82, 2.24) is 15.5 Å². The zero-order valence-electron chi connectivity index (χ0n) is 22.1. The summed E-state index contributed by atoms with van der Waals surface area (Å²) in [6.45, 7) is 4.98. The molecule has 0 fully saturated rings. The second-order valence-electron chi connectivity index (χ2n) is 8.34. The molecule has 1 aromatic heterocycles. The number of amides is 1. The molecule has 0 aliphatic rings. The Bertz CT molecular complexity index is 1010. The van der Waals surface area contributed by atoms with Crippen LogP contribution in [0.5, 0.6) is 0 Å². The zero-order valence-corrected chi connectivity index (χ0v) is 22.1. The van der Waals surface area contributed by atoms with Gasteiger partial charge < -0.3 is 19.5 Å². The highest BCUT2D eigenvalue weighted by atomic mass is 16.7. The number of unbranched alkanes of at least 4 members (excludes halogenated alkanes) is 1. The van der Waals surface area contributed by atoms with Crippen LogP contribution in [0.15, 0.2) is 53.5 Å². The van der Waals surface area contributed by atoms with Gasteiger partial charge >= 0.3 is 0 Å². The second-order valence-corrected chi connectivity index (χ2v) is 8.34. The molecule has 1 unspecified atom stereocenters. The normalized spacial score (nSPS) is 13.2. The lowest BCUT2D eigenvalue weighted by atomic mass is 10.1. The molecule has 2 rings (SSSR count). The van der Waals surface area contributed by atoms with Gasteiger partial charge in [0.2, 0.25) is 5.79 Å². The molecule has 1 aromatic carbocycles. The van der Waals surface area contributed by atoms with Crippen LogP contribution in [0, 0.1) is 5.41 Å². The first-order valence-corrected chi connectivity index (χ1v) is 12.3. The quantitative estimate of drug-likeness (QED) is 0.0669. The number of methoxy groups -OCH3 is 1. The lowest BCUT2D eigenvalue weighted by Crippen LogP contribution is -2.47. The van der Waals surface area contributed by atoms with Crippen LogP contribution >= 0.6 is 0 Å². The first-order valence-electron chi connectivity index (χ1n) is 12.3. The number of hydrazine groups is 2. The molecule has 0 radical (unpaired) electrons. The van der Waals surface area contributed by atoms with E-state index in [1.54, 1.807) is 27.1 Å².